The molecule has 0 bridgehead atoms. The average Bonchev–Trinajstić information content (AvgIpc) is 1.99. The molecule has 0 aliphatic carbocycles. The lowest BCUT2D eigenvalue weighted by molar-refractivity contribution is -0.861. The summed E-state index contributed by atoms with van der Waals surface area (Å²) in [5.74, 6) is 0.0347. The van der Waals surface area contributed by atoms with Crippen LogP contribution in [0.25, 0.3) is 0 Å². The van der Waals surface area contributed by atoms with E-state index in [-0.39, 0.29) is 5.78 Å². The number of carbonyl (C=O) groups excluding carboxylic acids is 1. The number of Topliss-reactive ketones (excluding diaryl/α,β-unsaturated/α-hetero) is 1. The van der Waals surface area contributed by atoms with Crippen molar-refractivity contribution in [3.63, 3.8) is 0 Å². The van der Waals surface area contributed by atoms with Crippen molar-refractivity contribution in [3.05, 3.63) is 28.8 Å². The highest BCUT2D eigenvalue weighted by Crippen LogP contribution is 2.20. The summed E-state index contributed by atoms with van der Waals surface area (Å²) in [6, 6.07) is 4.97. The van der Waals surface area contributed by atoms with Crippen molar-refractivity contribution in [3.8, 4) is 0 Å². The molecule has 0 saturated carbocycles. The summed E-state index contributed by atoms with van der Waals surface area (Å²) in [7, 11) is 5.88. The van der Waals surface area contributed by atoms with E-state index in [1.54, 1.807) is 18.2 Å². The number of nitrogens with zero attached hydrogens (tertiary/aromatic N) is 1. The van der Waals surface area contributed by atoms with Crippen LogP contribution in [0, 0.1) is 0 Å². The van der Waals surface area contributed by atoms with Crippen LogP contribution in [0.3, 0.4) is 0 Å². The molecular weight excluding hydrogens is 212 g/mol. The normalized spacial score (nSPS) is 11.5. The quantitative estimate of drug-likeness (QED) is 0.486. The minimum atomic E-state index is 0.0347. The number of quaternary nitrogens is 1. The fourth-order valence-corrected chi connectivity index (χ4v) is 1.57. The van der Waals surface area contributed by atoms with Crippen molar-refractivity contribution in [2.75, 3.05) is 33.4 Å². The van der Waals surface area contributed by atoms with Gasteiger partial charge in [-0.15, -0.1) is 0 Å². The number of anilines is 1. The second-order valence-corrected chi connectivity index (χ2v) is 5.02. The largest absolute Gasteiger partial charge is 0.399 e. The molecule has 0 fully saturated rings. The highest BCUT2D eigenvalue weighted by atomic mass is 35.5. The van der Waals surface area contributed by atoms with E-state index in [2.05, 4.69) is 0 Å². The predicted octanol–water partition coefficient (Wildman–Crippen LogP) is 1.81. The summed E-state index contributed by atoms with van der Waals surface area (Å²) < 4.78 is 0.583. The van der Waals surface area contributed by atoms with Crippen LogP contribution in [0.15, 0.2) is 18.2 Å². The molecule has 1 aromatic rings. The third kappa shape index (κ3) is 3.53. The fraction of sp³-hybridized carbons (Fsp3) is 0.364. The maximum absolute atomic E-state index is 11.9. The van der Waals surface area contributed by atoms with E-state index < -0.39 is 0 Å². The standard InChI is InChI=1S/C11H15ClN2O/c1-14(2,3)7-11(15)9-5-4-8(13)6-10(9)12/h4-6H,7H2,1-3H3,(H-,13,15)/p+1. The fourth-order valence-electron chi connectivity index (χ4n) is 1.27. The molecule has 82 valence electrons. The third-order valence-electron chi connectivity index (χ3n) is 1.91. The van der Waals surface area contributed by atoms with E-state index in [0.29, 0.717) is 27.3 Å². The number of hydrogen-bond acceptors (Lipinski definition) is 2. The molecule has 0 aliphatic rings. The van der Waals surface area contributed by atoms with E-state index in [1.165, 1.54) is 0 Å². The van der Waals surface area contributed by atoms with Gasteiger partial charge in [-0.2, -0.15) is 0 Å². The van der Waals surface area contributed by atoms with Crippen LogP contribution in [0.1, 0.15) is 10.4 Å². The van der Waals surface area contributed by atoms with Gasteiger partial charge in [0.15, 0.2) is 0 Å². The second kappa shape index (κ2) is 4.21. The van der Waals surface area contributed by atoms with E-state index in [9.17, 15) is 4.79 Å². The summed E-state index contributed by atoms with van der Waals surface area (Å²) in [6.45, 7) is 0.420. The van der Waals surface area contributed by atoms with Crippen molar-refractivity contribution in [1.29, 1.82) is 0 Å². The number of rotatable bonds is 3. The molecule has 0 aromatic heterocycles. The Labute approximate surface area is 95.0 Å². The molecular formula is C11H16ClN2O+. The number of carbonyl (C=O) groups is 1. The average molecular weight is 228 g/mol. The van der Waals surface area contributed by atoms with E-state index in [1.807, 2.05) is 21.1 Å². The summed E-state index contributed by atoms with van der Waals surface area (Å²) in [4.78, 5) is 11.9. The topological polar surface area (TPSA) is 43.1 Å². The van der Waals surface area contributed by atoms with Gasteiger partial charge in [-0.25, -0.2) is 0 Å². The van der Waals surface area contributed by atoms with Gasteiger partial charge in [-0.3, -0.25) is 4.79 Å². The Morgan fingerprint density at radius 1 is 1.40 bits per heavy atom. The van der Waals surface area contributed by atoms with Crippen molar-refractivity contribution in [2.24, 2.45) is 0 Å². The van der Waals surface area contributed by atoms with E-state index in [0.717, 1.165) is 0 Å². The Morgan fingerprint density at radius 2 is 2.00 bits per heavy atom. The van der Waals surface area contributed by atoms with Gasteiger partial charge in [0.2, 0.25) is 5.78 Å². The zero-order valence-electron chi connectivity index (χ0n) is 9.25. The Bertz CT molecular complexity index is 383. The summed E-state index contributed by atoms with van der Waals surface area (Å²) >= 11 is 5.95. The van der Waals surface area contributed by atoms with E-state index in [4.69, 9.17) is 17.3 Å². The minimum absolute atomic E-state index is 0.0347. The molecule has 0 amide bonds. The smallest absolute Gasteiger partial charge is 0.218 e. The molecule has 0 heterocycles. The number of ketones is 1. The van der Waals surface area contributed by atoms with Gasteiger partial charge in [0.25, 0.3) is 0 Å². The van der Waals surface area contributed by atoms with Crippen LogP contribution in [0.2, 0.25) is 5.02 Å². The first-order valence-corrected chi connectivity index (χ1v) is 5.06. The molecule has 0 spiro atoms. The van der Waals surface area contributed by atoms with Crippen LogP contribution in [-0.4, -0.2) is 38.0 Å². The highest BCUT2D eigenvalue weighted by Gasteiger charge is 2.18. The highest BCUT2D eigenvalue weighted by molar-refractivity contribution is 6.34. The molecule has 1 rings (SSSR count). The first kappa shape index (κ1) is 12.0. The van der Waals surface area contributed by atoms with Gasteiger partial charge >= 0.3 is 0 Å². The minimum Gasteiger partial charge on any atom is -0.399 e. The van der Waals surface area contributed by atoms with Crippen molar-refractivity contribution in [1.82, 2.24) is 0 Å². The maximum Gasteiger partial charge on any atom is 0.218 e. The van der Waals surface area contributed by atoms with Gasteiger partial charge in [-0.1, -0.05) is 11.6 Å². The van der Waals surface area contributed by atoms with Crippen LogP contribution >= 0.6 is 11.6 Å². The van der Waals surface area contributed by atoms with Crippen molar-refractivity contribution >= 4 is 23.1 Å². The van der Waals surface area contributed by atoms with Gasteiger partial charge in [0, 0.05) is 11.3 Å². The first-order chi connectivity index (χ1) is 6.79. The third-order valence-corrected chi connectivity index (χ3v) is 2.22. The van der Waals surface area contributed by atoms with Crippen molar-refractivity contribution in [2.45, 2.75) is 0 Å². The Morgan fingerprint density at radius 3 is 2.47 bits per heavy atom. The number of halogens is 1. The van der Waals surface area contributed by atoms with Gasteiger partial charge in [0.1, 0.15) is 6.54 Å². The van der Waals surface area contributed by atoms with Crippen LogP contribution < -0.4 is 5.73 Å². The molecule has 0 aliphatic heterocycles. The molecule has 15 heavy (non-hydrogen) atoms. The lowest BCUT2D eigenvalue weighted by Crippen LogP contribution is -2.39. The lowest BCUT2D eigenvalue weighted by Gasteiger charge is -2.22. The Hall–Kier alpha value is -1.06. The molecule has 0 saturated heterocycles. The monoisotopic (exact) mass is 227 g/mol. The molecule has 2 N–H and O–H groups in total. The number of nitrogen functional groups attached to an aromatic ring is 1. The number of nitrogens with two attached hydrogens (primary N) is 1. The molecule has 3 nitrogen and oxygen atoms in total. The SMILES string of the molecule is C[N+](C)(C)CC(=O)c1ccc(N)cc1Cl. The zero-order valence-corrected chi connectivity index (χ0v) is 10.0. The van der Waals surface area contributed by atoms with Crippen LogP contribution in [-0.2, 0) is 0 Å². The van der Waals surface area contributed by atoms with Crippen LogP contribution in [0.4, 0.5) is 5.69 Å². The summed E-state index contributed by atoms with van der Waals surface area (Å²) in [6.07, 6.45) is 0. The van der Waals surface area contributed by atoms with Gasteiger partial charge < -0.3 is 10.2 Å². The molecule has 0 atom stereocenters. The Balaban J connectivity index is 2.92. The lowest BCUT2D eigenvalue weighted by atomic mass is 10.1. The first-order valence-electron chi connectivity index (χ1n) is 4.68. The summed E-state index contributed by atoms with van der Waals surface area (Å²) in [5, 5.41) is 0.424. The van der Waals surface area contributed by atoms with E-state index >= 15 is 0 Å². The second-order valence-electron chi connectivity index (χ2n) is 4.61. The Kier molecular flexibility index (Phi) is 3.37. The van der Waals surface area contributed by atoms with Crippen molar-refractivity contribution < 1.29 is 9.28 Å². The maximum atomic E-state index is 11.9. The molecule has 0 unspecified atom stereocenters. The zero-order chi connectivity index (χ0) is 11.6. The predicted molar refractivity (Wildman–Crippen MR) is 63.1 cm³/mol. The number of likely N-dealkylation sites (N-methyl/N-ethyl adjacent to an activating group) is 1. The van der Waals surface area contributed by atoms with Gasteiger partial charge in [0.05, 0.1) is 26.2 Å². The number of benzene rings is 1. The number of hydrogen-bond donors (Lipinski definition) is 1. The molecule has 4 heteroatoms. The van der Waals surface area contributed by atoms with Crippen LogP contribution in [0.5, 0.6) is 0 Å². The molecule has 1 aromatic carbocycles. The van der Waals surface area contributed by atoms with Gasteiger partial charge in [-0.05, 0) is 18.2 Å². The summed E-state index contributed by atoms with van der Waals surface area (Å²) in [5.41, 5.74) is 6.67. The molecule has 0 radical (unpaired) electrons.